The zero-order chi connectivity index (χ0) is 22.9. The van der Waals surface area contributed by atoms with Gasteiger partial charge in [-0.1, -0.05) is 30.3 Å². The van der Waals surface area contributed by atoms with Crippen molar-refractivity contribution in [2.45, 2.75) is 88.1 Å². The Morgan fingerprint density at radius 3 is 2.56 bits per heavy atom. The number of amides is 2. The average Bonchev–Trinajstić information content (AvgIpc) is 3.01. The Bertz CT molecular complexity index is 815. The Balaban J connectivity index is 1.45. The van der Waals surface area contributed by atoms with Crippen molar-refractivity contribution in [1.82, 2.24) is 10.2 Å². The first-order chi connectivity index (χ1) is 15.2. The molecule has 176 valence electrons. The molecule has 3 atom stereocenters. The van der Waals surface area contributed by atoms with Crippen molar-refractivity contribution in [3.63, 3.8) is 0 Å². The second-order valence-corrected chi connectivity index (χ2v) is 10.3. The maximum atomic E-state index is 13.1. The van der Waals surface area contributed by atoms with Crippen LogP contribution >= 0.6 is 0 Å². The molecule has 2 amide bonds. The summed E-state index contributed by atoms with van der Waals surface area (Å²) in [6, 6.07) is 10.1. The second kappa shape index (κ2) is 9.12. The molecule has 2 heterocycles. The van der Waals surface area contributed by atoms with Crippen molar-refractivity contribution in [2.75, 3.05) is 19.8 Å². The molecule has 4 rings (SSSR count). The minimum Gasteiger partial charge on any atom is -0.381 e. The summed E-state index contributed by atoms with van der Waals surface area (Å²) in [5, 5.41) is 13.5. The predicted molar refractivity (Wildman–Crippen MR) is 120 cm³/mol. The van der Waals surface area contributed by atoms with E-state index in [1.165, 1.54) is 19.4 Å². The van der Waals surface area contributed by atoms with Crippen LogP contribution in [0.5, 0.6) is 0 Å². The number of nitrogens with zero attached hydrogens (tertiary/aromatic N) is 1. The lowest BCUT2D eigenvalue weighted by Gasteiger charge is -2.42. The lowest BCUT2D eigenvalue weighted by atomic mass is 9.82. The molecular weight excluding hydrogens is 408 g/mol. The number of aliphatic hydroxyl groups is 1. The first-order valence-corrected chi connectivity index (χ1v) is 11.8. The fraction of sp³-hybridized carbons (Fsp3) is 0.680. The van der Waals surface area contributed by atoms with Gasteiger partial charge in [-0.05, 0) is 64.4 Å². The highest BCUT2D eigenvalue weighted by Crippen LogP contribution is 2.39. The van der Waals surface area contributed by atoms with Crippen LogP contribution in [0.2, 0.25) is 0 Å². The van der Waals surface area contributed by atoms with E-state index in [1.807, 2.05) is 13.0 Å². The molecule has 2 N–H and O–H groups in total. The van der Waals surface area contributed by atoms with Gasteiger partial charge in [0.05, 0.1) is 30.9 Å². The van der Waals surface area contributed by atoms with Crippen LogP contribution in [0, 0.1) is 0 Å². The summed E-state index contributed by atoms with van der Waals surface area (Å²) in [5.74, 6) is 0.0469. The van der Waals surface area contributed by atoms with Gasteiger partial charge in [0, 0.05) is 6.04 Å². The number of morpholine rings is 1. The molecule has 2 aliphatic heterocycles. The summed E-state index contributed by atoms with van der Waals surface area (Å²) >= 11 is 0. The lowest BCUT2D eigenvalue weighted by Crippen LogP contribution is -2.66. The Kier molecular flexibility index (Phi) is 6.61. The molecule has 1 spiro atoms. The number of hydrogen-bond donors (Lipinski definition) is 2. The number of nitrogens with one attached hydrogen (secondary N) is 1. The average molecular weight is 445 g/mol. The summed E-state index contributed by atoms with van der Waals surface area (Å²) in [6.07, 6.45) is 4.80. The maximum Gasteiger partial charge on any atom is 0.254 e. The van der Waals surface area contributed by atoms with Gasteiger partial charge in [-0.2, -0.15) is 0 Å². The van der Waals surface area contributed by atoms with Crippen LogP contribution in [0.3, 0.4) is 0 Å². The molecule has 3 fully saturated rings. The SMILES string of the molecule is C[C@@H]1C[C@@]2(COCC(=O)N2)[C@H](CO[C@H]2CC[C@@H](c3ccccc3)CC2)N1C(=O)C(C)(C)O. The quantitative estimate of drug-likeness (QED) is 0.728. The highest BCUT2D eigenvalue weighted by Gasteiger charge is 2.56. The van der Waals surface area contributed by atoms with Gasteiger partial charge in [0.15, 0.2) is 0 Å². The number of hydrogen-bond acceptors (Lipinski definition) is 5. The Hall–Kier alpha value is -1.96. The summed E-state index contributed by atoms with van der Waals surface area (Å²) < 4.78 is 12.0. The van der Waals surface area contributed by atoms with E-state index in [1.54, 1.807) is 4.90 Å². The molecule has 7 heteroatoms. The van der Waals surface area contributed by atoms with Gasteiger partial charge in [0.1, 0.15) is 12.2 Å². The van der Waals surface area contributed by atoms with E-state index in [-0.39, 0.29) is 36.6 Å². The van der Waals surface area contributed by atoms with Crippen LogP contribution in [0.1, 0.15) is 64.4 Å². The third-order valence-corrected chi connectivity index (χ3v) is 7.28. The lowest BCUT2D eigenvalue weighted by molar-refractivity contribution is -0.156. The highest BCUT2D eigenvalue weighted by atomic mass is 16.5. The van der Waals surface area contributed by atoms with Crippen LogP contribution in [-0.2, 0) is 19.1 Å². The van der Waals surface area contributed by atoms with Crippen molar-refractivity contribution in [1.29, 1.82) is 0 Å². The van der Waals surface area contributed by atoms with Crippen LogP contribution in [0.25, 0.3) is 0 Å². The smallest absolute Gasteiger partial charge is 0.254 e. The molecule has 1 aromatic rings. The molecule has 32 heavy (non-hydrogen) atoms. The first-order valence-electron chi connectivity index (χ1n) is 11.8. The van der Waals surface area contributed by atoms with Gasteiger partial charge in [0.25, 0.3) is 5.91 Å². The normalized spacial score (nSPS) is 33.4. The standard InChI is InChI=1S/C25H36N2O5/c1-17-13-25(16-31-15-22(28)26-25)21(27(17)23(29)24(2,3)30)14-32-20-11-9-19(10-12-20)18-7-5-4-6-8-18/h4-8,17,19-21,30H,9-16H2,1-3H3,(H,26,28)/t17-,19-,20+,21+,25-/m1/s1. The number of ether oxygens (including phenoxy) is 2. The molecule has 1 aliphatic carbocycles. The van der Waals surface area contributed by atoms with Gasteiger partial charge in [-0.3, -0.25) is 9.59 Å². The highest BCUT2D eigenvalue weighted by molar-refractivity contribution is 5.86. The molecule has 0 unspecified atom stereocenters. The third-order valence-electron chi connectivity index (χ3n) is 7.28. The van der Waals surface area contributed by atoms with Crippen molar-refractivity contribution in [3.8, 4) is 0 Å². The fourth-order valence-corrected chi connectivity index (χ4v) is 5.71. The summed E-state index contributed by atoms with van der Waals surface area (Å²) in [5.41, 5.74) is -0.791. The van der Waals surface area contributed by atoms with E-state index in [9.17, 15) is 14.7 Å². The van der Waals surface area contributed by atoms with Gasteiger partial charge in [0.2, 0.25) is 5.91 Å². The van der Waals surface area contributed by atoms with Gasteiger partial charge in [-0.25, -0.2) is 0 Å². The third kappa shape index (κ3) is 4.70. The number of carbonyl (C=O) groups excluding carboxylic acids is 2. The molecule has 7 nitrogen and oxygen atoms in total. The van der Waals surface area contributed by atoms with E-state index >= 15 is 0 Å². The van der Waals surface area contributed by atoms with Crippen molar-refractivity contribution in [3.05, 3.63) is 35.9 Å². The van der Waals surface area contributed by atoms with Gasteiger partial charge in [-0.15, -0.1) is 0 Å². The molecule has 1 aromatic carbocycles. The molecule has 2 saturated heterocycles. The predicted octanol–water partition coefficient (Wildman–Crippen LogP) is 2.37. The molecule has 0 bridgehead atoms. The summed E-state index contributed by atoms with van der Waals surface area (Å²) in [4.78, 5) is 27.0. The molecular formula is C25H36N2O5. The van der Waals surface area contributed by atoms with Crippen LogP contribution in [0.4, 0.5) is 0 Å². The molecule has 3 aliphatic rings. The summed E-state index contributed by atoms with van der Waals surface area (Å²) in [6.45, 7) is 5.66. The zero-order valence-electron chi connectivity index (χ0n) is 19.4. The van der Waals surface area contributed by atoms with Crippen LogP contribution in [-0.4, -0.2) is 71.0 Å². The Morgan fingerprint density at radius 2 is 1.94 bits per heavy atom. The number of rotatable bonds is 5. The van der Waals surface area contributed by atoms with E-state index in [0.717, 1.165) is 25.7 Å². The Morgan fingerprint density at radius 1 is 1.25 bits per heavy atom. The van der Waals surface area contributed by atoms with Crippen molar-refractivity contribution < 1.29 is 24.2 Å². The van der Waals surface area contributed by atoms with Crippen molar-refractivity contribution in [2.24, 2.45) is 0 Å². The fourth-order valence-electron chi connectivity index (χ4n) is 5.71. The second-order valence-electron chi connectivity index (χ2n) is 10.3. The topological polar surface area (TPSA) is 88.1 Å². The number of likely N-dealkylation sites (tertiary alicyclic amines) is 1. The molecule has 0 aromatic heterocycles. The Labute approximate surface area is 190 Å². The summed E-state index contributed by atoms with van der Waals surface area (Å²) in [7, 11) is 0. The van der Waals surface area contributed by atoms with Crippen LogP contribution in [0.15, 0.2) is 30.3 Å². The van der Waals surface area contributed by atoms with E-state index in [2.05, 4.69) is 29.6 Å². The monoisotopic (exact) mass is 444 g/mol. The van der Waals surface area contributed by atoms with E-state index in [0.29, 0.717) is 25.6 Å². The van der Waals surface area contributed by atoms with E-state index < -0.39 is 11.1 Å². The maximum absolute atomic E-state index is 13.1. The molecule has 0 radical (unpaired) electrons. The first kappa shape index (κ1) is 23.2. The molecule has 1 saturated carbocycles. The number of benzene rings is 1. The van der Waals surface area contributed by atoms with Crippen molar-refractivity contribution >= 4 is 11.8 Å². The largest absolute Gasteiger partial charge is 0.381 e. The van der Waals surface area contributed by atoms with Gasteiger partial charge < -0.3 is 24.8 Å². The van der Waals surface area contributed by atoms with Gasteiger partial charge >= 0.3 is 0 Å². The van der Waals surface area contributed by atoms with Crippen LogP contribution < -0.4 is 5.32 Å². The zero-order valence-corrected chi connectivity index (χ0v) is 19.4. The minimum atomic E-state index is -1.49. The number of carbonyl (C=O) groups is 2. The minimum absolute atomic E-state index is 0.0344. The van der Waals surface area contributed by atoms with E-state index in [4.69, 9.17) is 9.47 Å².